The summed E-state index contributed by atoms with van der Waals surface area (Å²) in [5, 5.41) is 7.61. The van der Waals surface area contributed by atoms with Crippen molar-refractivity contribution >= 4 is 11.6 Å². The molecule has 1 aromatic heterocycles. The van der Waals surface area contributed by atoms with Crippen LogP contribution in [0.4, 0.5) is 14.5 Å². The van der Waals surface area contributed by atoms with Crippen LogP contribution in [0.25, 0.3) is 0 Å². The fourth-order valence-corrected chi connectivity index (χ4v) is 2.71. The molecule has 23 heavy (non-hydrogen) atoms. The number of anilines is 1. The van der Waals surface area contributed by atoms with Crippen molar-refractivity contribution in [2.75, 3.05) is 31.1 Å². The zero-order valence-electron chi connectivity index (χ0n) is 12.7. The minimum absolute atomic E-state index is 0.142. The lowest BCUT2D eigenvalue weighted by Crippen LogP contribution is -2.49. The molecule has 2 heterocycles. The molecule has 1 saturated heterocycles. The topological polar surface area (TPSA) is 54.3 Å². The zero-order valence-corrected chi connectivity index (χ0v) is 12.7. The normalized spacial score (nSPS) is 15.1. The van der Waals surface area contributed by atoms with Crippen LogP contribution in [0.5, 0.6) is 0 Å². The number of hydrogen-bond donors (Lipinski definition) is 0. The van der Waals surface area contributed by atoms with Crippen LogP contribution in [0.2, 0.25) is 0 Å². The van der Waals surface area contributed by atoms with Crippen LogP contribution in [0, 0.1) is 11.6 Å². The second-order valence-electron chi connectivity index (χ2n) is 5.29. The molecule has 0 unspecified atom stereocenters. The van der Waals surface area contributed by atoms with Crippen LogP contribution < -0.4 is 4.90 Å². The minimum Gasteiger partial charge on any atom is -0.366 e. The Balaban J connectivity index is 1.69. The summed E-state index contributed by atoms with van der Waals surface area (Å²) in [6.07, 6.45) is 1.45. The number of halogens is 2. The smallest absolute Gasteiger partial charge is 0.273 e. The van der Waals surface area contributed by atoms with E-state index in [1.54, 1.807) is 20.5 Å². The maximum absolute atomic E-state index is 13.8. The quantitative estimate of drug-likeness (QED) is 0.860. The number of piperazine rings is 1. The van der Waals surface area contributed by atoms with Crippen LogP contribution in [0.3, 0.4) is 0 Å². The SMILES string of the molecule is CCn1nncc1C(=O)N1CCN(c2cccc(F)c2F)CC1. The van der Waals surface area contributed by atoms with Crippen LogP contribution >= 0.6 is 0 Å². The summed E-state index contributed by atoms with van der Waals surface area (Å²) >= 11 is 0. The lowest BCUT2D eigenvalue weighted by Gasteiger charge is -2.36. The summed E-state index contributed by atoms with van der Waals surface area (Å²) in [5.41, 5.74) is 0.676. The Morgan fingerprint density at radius 3 is 2.65 bits per heavy atom. The van der Waals surface area contributed by atoms with Gasteiger partial charge in [0.05, 0.1) is 11.9 Å². The lowest BCUT2D eigenvalue weighted by atomic mass is 10.2. The molecule has 0 bridgehead atoms. The van der Waals surface area contributed by atoms with Gasteiger partial charge in [0.25, 0.3) is 5.91 Å². The second kappa shape index (κ2) is 6.31. The van der Waals surface area contributed by atoms with Crippen molar-refractivity contribution in [3.63, 3.8) is 0 Å². The number of aryl methyl sites for hydroxylation is 1. The molecule has 1 amide bonds. The van der Waals surface area contributed by atoms with E-state index in [1.165, 1.54) is 12.3 Å². The Bertz CT molecular complexity index is 710. The molecule has 0 radical (unpaired) electrons. The molecular formula is C15H17F2N5O. The molecule has 1 fully saturated rings. The lowest BCUT2D eigenvalue weighted by molar-refractivity contribution is 0.0734. The molecule has 8 heteroatoms. The number of benzene rings is 1. The molecule has 0 N–H and O–H groups in total. The molecule has 1 aliphatic heterocycles. The van der Waals surface area contributed by atoms with Gasteiger partial charge in [0.1, 0.15) is 5.69 Å². The monoisotopic (exact) mass is 321 g/mol. The largest absolute Gasteiger partial charge is 0.366 e. The summed E-state index contributed by atoms with van der Waals surface area (Å²) in [4.78, 5) is 15.9. The van der Waals surface area contributed by atoms with Gasteiger partial charge >= 0.3 is 0 Å². The van der Waals surface area contributed by atoms with Gasteiger partial charge in [-0.15, -0.1) is 5.10 Å². The zero-order chi connectivity index (χ0) is 16.4. The molecule has 6 nitrogen and oxygen atoms in total. The first kappa shape index (κ1) is 15.4. The van der Waals surface area contributed by atoms with Crippen molar-refractivity contribution in [2.45, 2.75) is 13.5 Å². The number of carbonyl (C=O) groups is 1. The molecule has 0 saturated carbocycles. The van der Waals surface area contributed by atoms with Crippen LogP contribution in [0.1, 0.15) is 17.4 Å². The van der Waals surface area contributed by atoms with Crippen molar-refractivity contribution in [1.29, 1.82) is 0 Å². The summed E-state index contributed by atoms with van der Waals surface area (Å²) < 4.78 is 28.7. The van der Waals surface area contributed by atoms with E-state index in [0.717, 1.165) is 6.07 Å². The maximum Gasteiger partial charge on any atom is 0.273 e. The third-order valence-corrected chi connectivity index (χ3v) is 3.98. The fourth-order valence-electron chi connectivity index (χ4n) is 2.71. The van der Waals surface area contributed by atoms with E-state index in [9.17, 15) is 13.6 Å². The van der Waals surface area contributed by atoms with Gasteiger partial charge in [-0.3, -0.25) is 4.79 Å². The van der Waals surface area contributed by atoms with Gasteiger partial charge in [-0.25, -0.2) is 13.5 Å². The van der Waals surface area contributed by atoms with Gasteiger partial charge in [-0.2, -0.15) is 0 Å². The molecule has 0 atom stereocenters. The van der Waals surface area contributed by atoms with E-state index in [2.05, 4.69) is 10.3 Å². The average molecular weight is 321 g/mol. The summed E-state index contributed by atoms with van der Waals surface area (Å²) in [5.74, 6) is -1.85. The van der Waals surface area contributed by atoms with Gasteiger partial charge < -0.3 is 9.80 Å². The first-order valence-corrected chi connectivity index (χ1v) is 7.48. The van der Waals surface area contributed by atoms with E-state index in [1.807, 2.05) is 6.92 Å². The predicted octanol–water partition coefficient (Wildman–Crippen LogP) is 1.54. The molecule has 0 spiro atoms. The summed E-state index contributed by atoms with van der Waals surface area (Å²) in [7, 11) is 0. The van der Waals surface area contributed by atoms with E-state index < -0.39 is 11.6 Å². The van der Waals surface area contributed by atoms with Crippen molar-refractivity contribution < 1.29 is 13.6 Å². The minimum atomic E-state index is -0.862. The van der Waals surface area contributed by atoms with E-state index in [-0.39, 0.29) is 11.6 Å². The van der Waals surface area contributed by atoms with Crippen molar-refractivity contribution in [3.05, 3.63) is 41.7 Å². The number of nitrogens with zero attached hydrogens (tertiary/aromatic N) is 5. The summed E-state index contributed by atoms with van der Waals surface area (Å²) in [6.45, 7) is 4.21. The maximum atomic E-state index is 13.8. The molecule has 2 aromatic rings. The Morgan fingerprint density at radius 1 is 1.22 bits per heavy atom. The fraction of sp³-hybridized carbons (Fsp3) is 0.400. The second-order valence-corrected chi connectivity index (χ2v) is 5.29. The Hall–Kier alpha value is -2.51. The van der Waals surface area contributed by atoms with E-state index in [4.69, 9.17) is 0 Å². The standard InChI is InChI=1S/C15H17F2N5O/c1-2-22-13(10-18-19-22)15(23)21-8-6-20(7-9-21)12-5-3-4-11(16)14(12)17/h3-5,10H,2,6-9H2,1H3. The average Bonchev–Trinajstić information content (AvgIpc) is 3.05. The van der Waals surface area contributed by atoms with Crippen molar-refractivity contribution in [2.24, 2.45) is 0 Å². The molecule has 1 aliphatic rings. The number of aromatic nitrogens is 3. The van der Waals surface area contributed by atoms with Crippen LogP contribution in [0.15, 0.2) is 24.4 Å². The van der Waals surface area contributed by atoms with Crippen molar-refractivity contribution in [3.8, 4) is 0 Å². The van der Waals surface area contributed by atoms with Crippen LogP contribution in [-0.2, 0) is 6.54 Å². The number of carbonyl (C=O) groups excluding carboxylic acids is 1. The Kier molecular flexibility index (Phi) is 4.22. The van der Waals surface area contributed by atoms with Gasteiger partial charge in [0.15, 0.2) is 11.6 Å². The molecule has 122 valence electrons. The van der Waals surface area contributed by atoms with Crippen LogP contribution in [-0.4, -0.2) is 52.0 Å². The Labute approximate surface area is 132 Å². The van der Waals surface area contributed by atoms with Gasteiger partial charge in [-0.05, 0) is 19.1 Å². The van der Waals surface area contributed by atoms with Crippen molar-refractivity contribution in [1.82, 2.24) is 19.9 Å². The molecular weight excluding hydrogens is 304 g/mol. The third-order valence-electron chi connectivity index (χ3n) is 3.98. The first-order valence-electron chi connectivity index (χ1n) is 7.48. The third kappa shape index (κ3) is 2.88. The molecule has 3 rings (SSSR count). The predicted molar refractivity (Wildman–Crippen MR) is 80.2 cm³/mol. The molecule has 0 aliphatic carbocycles. The first-order chi connectivity index (χ1) is 11.1. The van der Waals surface area contributed by atoms with Gasteiger partial charge in [0, 0.05) is 32.7 Å². The number of hydrogen-bond acceptors (Lipinski definition) is 4. The number of amides is 1. The Morgan fingerprint density at radius 2 is 1.96 bits per heavy atom. The van der Waals surface area contributed by atoms with Gasteiger partial charge in [0.2, 0.25) is 0 Å². The van der Waals surface area contributed by atoms with E-state index >= 15 is 0 Å². The number of rotatable bonds is 3. The van der Waals surface area contributed by atoms with Gasteiger partial charge in [-0.1, -0.05) is 11.3 Å². The highest BCUT2D eigenvalue weighted by Gasteiger charge is 2.26. The van der Waals surface area contributed by atoms with E-state index in [0.29, 0.717) is 38.4 Å². The highest BCUT2D eigenvalue weighted by Crippen LogP contribution is 2.23. The summed E-state index contributed by atoms with van der Waals surface area (Å²) in [6, 6.07) is 4.13. The highest BCUT2D eigenvalue weighted by atomic mass is 19.2. The molecule has 1 aromatic carbocycles. The highest BCUT2D eigenvalue weighted by molar-refractivity contribution is 5.92.